The van der Waals surface area contributed by atoms with Crippen LogP contribution in [0.3, 0.4) is 0 Å². The van der Waals surface area contributed by atoms with Crippen molar-refractivity contribution in [3.05, 3.63) is 96.4 Å². The van der Waals surface area contributed by atoms with Crippen molar-refractivity contribution in [1.82, 2.24) is 4.98 Å². The second-order valence-electron chi connectivity index (χ2n) is 8.43. The van der Waals surface area contributed by atoms with Crippen LogP contribution in [-0.2, 0) is 5.60 Å². The Morgan fingerprint density at radius 1 is 0.906 bits per heavy atom. The highest BCUT2D eigenvalue weighted by Crippen LogP contribution is 2.49. The van der Waals surface area contributed by atoms with Crippen LogP contribution >= 0.6 is 0 Å². The number of oxazole rings is 1. The van der Waals surface area contributed by atoms with Crippen LogP contribution in [0.25, 0.3) is 22.6 Å². The van der Waals surface area contributed by atoms with Gasteiger partial charge in [0.05, 0.1) is 7.11 Å². The zero-order valence-electron chi connectivity index (χ0n) is 18.2. The van der Waals surface area contributed by atoms with Crippen LogP contribution in [-0.4, -0.2) is 17.2 Å². The van der Waals surface area contributed by atoms with E-state index in [1.165, 1.54) is 0 Å². The molecular weight excluding hydrogens is 398 g/mol. The lowest BCUT2D eigenvalue weighted by atomic mass is 9.72. The van der Waals surface area contributed by atoms with Gasteiger partial charge in [-0.25, -0.2) is 4.98 Å². The minimum absolute atomic E-state index is 0.114. The minimum Gasteiger partial charge on any atom is -0.497 e. The van der Waals surface area contributed by atoms with Crippen molar-refractivity contribution in [2.75, 3.05) is 7.11 Å². The van der Waals surface area contributed by atoms with Gasteiger partial charge in [-0.15, -0.1) is 0 Å². The molecule has 0 unspecified atom stereocenters. The molecule has 1 fully saturated rings. The summed E-state index contributed by atoms with van der Waals surface area (Å²) in [4.78, 5) is 4.92. The van der Waals surface area contributed by atoms with Crippen LogP contribution in [0.1, 0.15) is 43.1 Å². The maximum absolute atomic E-state index is 12.1. The van der Waals surface area contributed by atoms with E-state index >= 15 is 0 Å². The van der Waals surface area contributed by atoms with Crippen molar-refractivity contribution in [1.29, 1.82) is 0 Å². The number of hydrogen-bond acceptors (Lipinski definition) is 4. The van der Waals surface area contributed by atoms with Crippen LogP contribution in [0.4, 0.5) is 0 Å². The smallest absolute Gasteiger partial charge is 0.228 e. The number of methoxy groups -OCH3 is 1. The van der Waals surface area contributed by atoms with Gasteiger partial charge in [0.2, 0.25) is 5.89 Å². The molecule has 1 N–H and O–H groups in total. The van der Waals surface area contributed by atoms with Crippen molar-refractivity contribution in [3.8, 4) is 28.3 Å². The van der Waals surface area contributed by atoms with Crippen LogP contribution in [0.2, 0.25) is 0 Å². The van der Waals surface area contributed by atoms with Crippen LogP contribution in [0.5, 0.6) is 5.75 Å². The second kappa shape index (κ2) is 8.64. The zero-order chi connectivity index (χ0) is 22.0. The Kier molecular flexibility index (Phi) is 5.54. The summed E-state index contributed by atoms with van der Waals surface area (Å²) in [6, 6.07) is 28.0. The molecular formula is C28H27NO3. The lowest BCUT2D eigenvalue weighted by Crippen LogP contribution is -2.36. The zero-order valence-corrected chi connectivity index (χ0v) is 18.2. The first-order valence-electron chi connectivity index (χ1n) is 11.2. The molecule has 5 rings (SSSR count). The van der Waals surface area contributed by atoms with Crippen molar-refractivity contribution in [3.63, 3.8) is 0 Å². The molecule has 4 aromatic rings. The van der Waals surface area contributed by atoms with Crippen LogP contribution in [0, 0.1) is 0 Å². The lowest BCUT2D eigenvalue weighted by Gasteiger charge is -2.38. The Morgan fingerprint density at radius 2 is 1.62 bits per heavy atom. The minimum atomic E-state index is -1.18. The summed E-state index contributed by atoms with van der Waals surface area (Å²) < 4.78 is 11.9. The number of aliphatic hydroxyl groups is 1. The summed E-state index contributed by atoms with van der Waals surface area (Å²) in [7, 11) is 1.67. The summed E-state index contributed by atoms with van der Waals surface area (Å²) in [5.74, 6) is 1.76. The lowest BCUT2D eigenvalue weighted by molar-refractivity contribution is -0.0445. The molecule has 2 atom stereocenters. The van der Waals surface area contributed by atoms with Crippen molar-refractivity contribution in [2.24, 2.45) is 0 Å². The highest BCUT2D eigenvalue weighted by Gasteiger charge is 2.46. The van der Waals surface area contributed by atoms with Gasteiger partial charge in [-0.2, -0.15) is 0 Å². The van der Waals surface area contributed by atoms with E-state index in [2.05, 4.69) is 6.07 Å². The molecule has 1 heterocycles. The Hall–Kier alpha value is -3.37. The molecule has 0 saturated heterocycles. The summed E-state index contributed by atoms with van der Waals surface area (Å²) in [5, 5.41) is 12.1. The molecule has 0 spiro atoms. The third-order valence-corrected chi connectivity index (χ3v) is 6.45. The molecule has 162 valence electrons. The molecule has 1 aromatic heterocycles. The largest absolute Gasteiger partial charge is 0.497 e. The number of rotatable bonds is 5. The van der Waals surface area contributed by atoms with E-state index in [0.29, 0.717) is 18.1 Å². The molecule has 0 aliphatic heterocycles. The van der Waals surface area contributed by atoms with Crippen molar-refractivity contribution >= 4 is 0 Å². The molecule has 1 aliphatic carbocycles. The number of aromatic nitrogens is 1. The first-order chi connectivity index (χ1) is 15.7. The van der Waals surface area contributed by atoms with Gasteiger partial charge in [0.1, 0.15) is 17.0 Å². The predicted octanol–water partition coefficient (Wildman–Crippen LogP) is 6.56. The van der Waals surface area contributed by atoms with E-state index < -0.39 is 5.60 Å². The fourth-order valence-corrected chi connectivity index (χ4v) is 4.79. The van der Waals surface area contributed by atoms with E-state index in [-0.39, 0.29) is 5.92 Å². The first-order valence-corrected chi connectivity index (χ1v) is 11.2. The number of hydrogen-bond donors (Lipinski definition) is 1. The Bertz CT molecular complexity index is 1130. The highest BCUT2D eigenvalue weighted by atomic mass is 16.5. The quantitative estimate of drug-likeness (QED) is 0.393. The summed E-state index contributed by atoms with van der Waals surface area (Å²) in [5.41, 5.74) is 2.55. The van der Waals surface area contributed by atoms with Gasteiger partial charge < -0.3 is 14.3 Å². The number of benzene rings is 3. The van der Waals surface area contributed by atoms with E-state index in [9.17, 15) is 5.11 Å². The number of nitrogens with zero attached hydrogens (tertiary/aromatic N) is 1. The summed E-state index contributed by atoms with van der Waals surface area (Å²) in [6.07, 6.45) is 3.47. The van der Waals surface area contributed by atoms with Crippen molar-refractivity contribution in [2.45, 2.75) is 37.2 Å². The van der Waals surface area contributed by atoms with E-state index in [0.717, 1.165) is 47.4 Å². The monoisotopic (exact) mass is 425 g/mol. The molecule has 0 radical (unpaired) electrons. The standard InChI is InChI=1S/C28H27NO3/c1-31-23-16-10-15-22(19-23)24-17-8-9-18-28(24,30)27-29-25(20-11-4-2-5-12-20)26(32-27)21-13-6-3-7-14-21/h2-7,10-16,19,24,30H,8-9,17-18H2,1H3/t24-,28+/m1/s1. The Labute approximate surface area is 188 Å². The Morgan fingerprint density at radius 3 is 2.34 bits per heavy atom. The Balaban J connectivity index is 1.64. The molecule has 0 amide bonds. The number of ether oxygens (including phenoxy) is 1. The van der Waals surface area contributed by atoms with E-state index in [1.54, 1.807) is 7.11 Å². The molecule has 1 saturated carbocycles. The van der Waals surface area contributed by atoms with Crippen LogP contribution in [0.15, 0.2) is 89.3 Å². The second-order valence-corrected chi connectivity index (χ2v) is 8.43. The molecule has 1 aliphatic rings. The normalized spacial score (nSPS) is 20.8. The third kappa shape index (κ3) is 3.71. The average molecular weight is 426 g/mol. The van der Waals surface area contributed by atoms with Gasteiger partial charge in [0, 0.05) is 17.0 Å². The van der Waals surface area contributed by atoms with Gasteiger partial charge in [-0.1, -0.05) is 79.2 Å². The van der Waals surface area contributed by atoms with Crippen LogP contribution < -0.4 is 4.74 Å². The molecule has 3 aromatic carbocycles. The molecule has 4 nitrogen and oxygen atoms in total. The van der Waals surface area contributed by atoms with Gasteiger partial charge in [0.25, 0.3) is 0 Å². The van der Waals surface area contributed by atoms with Gasteiger partial charge in [-0.05, 0) is 37.0 Å². The summed E-state index contributed by atoms with van der Waals surface area (Å²) >= 11 is 0. The molecule has 4 heteroatoms. The van der Waals surface area contributed by atoms with Gasteiger partial charge >= 0.3 is 0 Å². The van der Waals surface area contributed by atoms with Crippen molar-refractivity contribution < 1.29 is 14.3 Å². The molecule has 0 bridgehead atoms. The molecule has 32 heavy (non-hydrogen) atoms. The maximum atomic E-state index is 12.1. The summed E-state index contributed by atoms with van der Waals surface area (Å²) in [6.45, 7) is 0. The predicted molar refractivity (Wildman–Crippen MR) is 125 cm³/mol. The maximum Gasteiger partial charge on any atom is 0.228 e. The average Bonchev–Trinajstić information content (AvgIpc) is 3.32. The van der Waals surface area contributed by atoms with Gasteiger partial charge in [-0.3, -0.25) is 0 Å². The topological polar surface area (TPSA) is 55.5 Å². The fourth-order valence-electron chi connectivity index (χ4n) is 4.79. The fraction of sp³-hybridized carbons (Fsp3) is 0.250. The van der Waals surface area contributed by atoms with Gasteiger partial charge in [0.15, 0.2) is 5.76 Å². The first kappa shape index (κ1) is 20.5. The SMILES string of the molecule is COc1cccc([C@H]2CCCC[C@@]2(O)c2nc(-c3ccccc3)c(-c3ccccc3)o2)c1. The van der Waals surface area contributed by atoms with E-state index in [1.807, 2.05) is 78.9 Å². The highest BCUT2D eigenvalue weighted by molar-refractivity contribution is 5.76. The van der Waals surface area contributed by atoms with E-state index in [4.69, 9.17) is 14.1 Å². The third-order valence-electron chi connectivity index (χ3n) is 6.45.